The fourth-order valence-corrected chi connectivity index (χ4v) is 2.77. The van der Waals surface area contributed by atoms with Crippen molar-refractivity contribution in [2.45, 2.75) is 39.0 Å². The Kier molecular flexibility index (Phi) is 4.51. The van der Waals surface area contributed by atoms with Crippen LogP contribution < -0.4 is 10.2 Å². The normalized spacial score (nSPS) is 17.5. The highest BCUT2D eigenvalue weighted by Gasteiger charge is 2.16. The van der Waals surface area contributed by atoms with Crippen LogP contribution in [0.3, 0.4) is 0 Å². The summed E-state index contributed by atoms with van der Waals surface area (Å²) in [7, 11) is 2.22. The van der Waals surface area contributed by atoms with E-state index in [1.165, 1.54) is 43.7 Å². The quantitative estimate of drug-likeness (QED) is 0.896. The van der Waals surface area contributed by atoms with Crippen LogP contribution in [0.4, 0.5) is 5.69 Å². The fourth-order valence-electron chi connectivity index (χ4n) is 2.77. The third-order valence-corrected chi connectivity index (χ3v) is 4.16. The predicted molar refractivity (Wildman–Crippen MR) is 84.0 cm³/mol. The second-order valence-electron chi connectivity index (χ2n) is 6.87. The third kappa shape index (κ3) is 3.97. The summed E-state index contributed by atoms with van der Waals surface area (Å²) >= 11 is 0. The average molecular weight is 260 g/mol. The maximum Gasteiger partial charge on any atom is 0.0363 e. The Labute approximate surface area is 118 Å². The van der Waals surface area contributed by atoms with Gasteiger partial charge in [-0.15, -0.1) is 0 Å². The molecule has 1 aromatic rings. The van der Waals surface area contributed by atoms with Gasteiger partial charge in [0.25, 0.3) is 0 Å². The maximum atomic E-state index is 3.43. The molecule has 1 aromatic carbocycles. The molecule has 0 unspecified atom stereocenters. The van der Waals surface area contributed by atoms with E-state index < -0.39 is 0 Å². The molecule has 0 amide bonds. The zero-order valence-electron chi connectivity index (χ0n) is 12.9. The summed E-state index contributed by atoms with van der Waals surface area (Å²) in [6.07, 6.45) is 2.62. The van der Waals surface area contributed by atoms with E-state index >= 15 is 0 Å². The molecule has 0 spiro atoms. The maximum absolute atomic E-state index is 3.43. The van der Waals surface area contributed by atoms with Gasteiger partial charge in [-0.2, -0.15) is 0 Å². The summed E-state index contributed by atoms with van der Waals surface area (Å²) in [5.74, 6) is 0.841. The van der Waals surface area contributed by atoms with Gasteiger partial charge in [0.1, 0.15) is 0 Å². The zero-order chi connectivity index (χ0) is 13.9. The Bertz CT molecular complexity index is 383. The van der Waals surface area contributed by atoms with Crippen molar-refractivity contribution in [1.29, 1.82) is 0 Å². The highest BCUT2D eigenvalue weighted by atomic mass is 15.1. The van der Waals surface area contributed by atoms with Crippen LogP contribution in [-0.4, -0.2) is 26.7 Å². The van der Waals surface area contributed by atoms with E-state index in [-0.39, 0.29) is 5.41 Å². The van der Waals surface area contributed by atoms with Crippen molar-refractivity contribution < 1.29 is 0 Å². The average Bonchev–Trinajstić information content (AvgIpc) is 2.39. The molecule has 1 aliphatic heterocycles. The number of piperidine rings is 1. The Morgan fingerprint density at radius 3 is 2.21 bits per heavy atom. The van der Waals surface area contributed by atoms with Crippen LogP contribution in [0.15, 0.2) is 24.3 Å². The van der Waals surface area contributed by atoms with Crippen LogP contribution in [-0.2, 0) is 5.41 Å². The second-order valence-corrected chi connectivity index (χ2v) is 6.87. The van der Waals surface area contributed by atoms with Crippen LogP contribution >= 0.6 is 0 Å². The molecule has 1 fully saturated rings. The lowest BCUT2D eigenvalue weighted by atomic mass is 9.87. The molecule has 2 heteroatoms. The Balaban J connectivity index is 1.97. The van der Waals surface area contributed by atoms with Crippen molar-refractivity contribution in [1.82, 2.24) is 5.32 Å². The highest BCUT2D eigenvalue weighted by molar-refractivity contribution is 5.47. The van der Waals surface area contributed by atoms with Crippen molar-refractivity contribution in [3.63, 3.8) is 0 Å². The van der Waals surface area contributed by atoms with E-state index in [9.17, 15) is 0 Å². The van der Waals surface area contributed by atoms with Gasteiger partial charge < -0.3 is 10.2 Å². The van der Waals surface area contributed by atoms with E-state index in [4.69, 9.17) is 0 Å². The number of nitrogens with one attached hydrogen (secondary N) is 1. The molecule has 0 aromatic heterocycles. The van der Waals surface area contributed by atoms with Crippen molar-refractivity contribution in [2.75, 3.05) is 31.6 Å². The van der Waals surface area contributed by atoms with Gasteiger partial charge in [-0.1, -0.05) is 32.9 Å². The van der Waals surface area contributed by atoms with Crippen molar-refractivity contribution in [3.05, 3.63) is 29.8 Å². The molecule has 1 saturated heterocycles. The Hall–Kier alpha value is -1.02. The van der Waals surface area contributed by atoms with Crippen molar-refractivity contribution in [2.24, 2.45) is 5.92 Å². The van der Waals surface area contributed by atoms with Gasteiger partial charge in [0.2, 0.25) is 0 Å². The minimum atomic E-state index is 0.242. The molecule has 0 radical (unpaired) electrons. The SMILES string of the molecule is CN(CC1CCNCC1)c1ccc(C(C)(C)C)cc1. The molecule has 1 heterocycles. The molecule has 0 saturated carbocycles. The Morgan fingerprint density at radius 1 is 1.11 bits per heavy atom. The first-order valence-electron chi connectivity index (χ1n) is 7.49. The van der Waals surface area contributed by atoms with Crippen molar-refractivity contribution >= 4 is 5.69 Å². The largest absolute Gasteiger partial charge is 0.374 e. The summed E-state index contributed by atoms with van der Waals surface area (Å²) in [6.45, 7) is 10.3. The summed E-state index contributed by atoms with van der Waals surface area (Å²) in [4.78, 5) is 2.41. The van der Waals surface area contributed by atoms with E-state index in [0.717, 1.165) is 5.92 Å². The number of hydrogen-bond acceptors (Lipinski definition) is 2. The topological polar surface area (TPSA) is 15.3 Å². The monoisotopic (exact) mass is 260 g/mol. The van der Waals surface area contributed by atoms with Gasteiger partial charge in [0.05, 0.1) is 0 Å². The van der Waals surface area contributed by atoms with Crippen LogP contribution in [0, 0.1) is 5.92 Å². The summed E-state index contributed by atoms with van der Waals surface area (Å²) < 4.78 is 0. The minimum absolute atomic E-state index is 0.242. The molecular weight excluding hydrogens is 232 g/mol. The van der Waals surface area contributed by atoms with E-state index in [1.54, 1.807) is 0 Å². The van der Waals surface area contributed by atoms with Gasteiger partial charge in [-0.05, 0) is 55.0 Å². The number of benzene rings is 1. The van der Waals surface area contributed by atoms with Gasteiger partial charge in [0, 0.05) is 19.3 Å². The van der Waals surface area contributed by atoms with Crippen LogP contribution in [0.2, 0.25) is 0 Å². The molecule has 19 heavy (non-hydrogen) atoms. The Morgan fingerprint density at radius 2 is 1.68 bits per heavy atom. The molecule has 1 aliphatic rings. The lowest BCUT2D eigenvalue weighted by Gasteiger charge is -2.29. The summed E-state index contributed by atoms with van der Waals surface area (Å²) in [6, 6.07) is 9.08. The molecule has 106 valence electrons. The smallest absolute Gasteiger partial charge is 0.0363 e. The molecular formula is C17H28N2. The fraction of sp³-hybridized carbons (Fsp3) is 0.647. The van der Waals surface area contributed by atoms with E-state index in [1.807, 2.05) is 0 Å². The van der Waals surface area contributed by atoms with Gasteiger partial charge in [0.15, 0.2) is 0 Å². The molecule has 2 nitrogen and oxygen atoms in total. The first-order chi connectivity index (χ1) is 8.97. The number of rotatable bonds is 3. The number of anilines is 1. The number of nitrogens with zero attached hydrogens (tertiary/aromatic N) is 1. The van der Waals surface area contributed by atoms with Gasteiger partial charge in [-0.25, -0.2) is 0 Å². The van der Waals surface area contributed by atoms with Crippen molar-refractivity contribution in [3.8, 4) is 0 Å². The van der Waals surface area contributed by atoms with Gasteiger partial charge >= 0.3 is 0 Å². The lowest BCUT2D eigenvalue weighted by Crippen LogP contribution is -2.34. The number of hydrogen-bond donors (Lipinski definition) is 1. The standard InChI is InChI=1S/C17H28N2/c1-17(2,3)15-5-7-16(8-6-15)19(4)13-14-9-11-18-12-10-14/h5-8,14,18H,9-13H2,1-4H3. The summed E-state index contributed by atoms with van der Waals surface area (Å²) in [5, 5.41) is 3.43. The first kappa shape index (κ1) is 14.4. The lowest BCUT2D eigenvalue weighted by molar-refractivity contribution is 0.378. The molecule has 0 aliphatic carbocycles. The molecule has 2 rings (SSSR count). The van der Waals surface area contributed by atoms with Crippen LogP contribution in [0.5, 0.6) is 0 Å². The first-order valence-corrected chi connectivity index (χ1v) is 7.49. The van der Waals surface area contributed by atoms with Crippen LogP contribution in [0.25, 0.3) is 0 Å². The third-order valence-electron chi connectivity index (χ3n) is 4.16. The zero-order valence-corrected chi connectivity index (χ0v) is 12.9. The second kappa shape index (κ2) is 5.96. The highest BCUT2D eigenvalue weighted by Crippen LogP contribution is 2.25. The van der Waals surface area contributed by atoms with E-state index in [0.29, 0.717) is 0 Å². The van der Waals surface area contributed by atoms with Gasteiger partial charge in [-0.3, -0.25) is 0 Å². The van der Waals surface area contributed by atoms with Crippen LogP contribution in [0.1, 0.15) is 39.2 Å². The minimum Gasteiger partial charge on any atom is -0.374 e. The molecule has 0 bridgehead atoms. The summed E-state index contributed by atoms with van der Waals surface area (Å²) in [5.41, 5.74) is 2.99. The molecule has 0 atom stereocenters. The predicted octanol–water partition coefficient (Wildman–Crippen LogP) is 3.42. The molecule has 1 N–H and O–H groups in total. The van der Waals surface area contributed by atoms with E-state index in [2.05, 4.69) is 62.3 Å².